The first-order valence-corrected chi connectivity index (χ1v) is 10.9. The number of hydrogen-bond acceptors (Lipinski definition) is 7. The summed E-state index contributed by atoms with van der Waals surface area (Å²) in [7, 11) is -3.63. The number of carbonyl (C=O) groups excluding carboxylic acids is 1. The van der Waals surface area contributed by atoms with Crippen LogP contribution in [-0.2, 0) is 16.4 Å². The van der Waals surface area contributed by atoms with E-state index in [2.05, 4.69) is 22.4 Å². The molecule has 3 rings (SSSR count). The molecule has 2 aromatic rings. The molecule has 0 saturated carbocycles. The van der Waals surface area contributed by atoms with Crippen LogP contribution in [0.2, 0.25) is 0 Å². The van der Waals surface area contributed by atoms with E-state index in [0.717, 1.165) is 37.1 Å². The Kier molecular flexibility index (Phi) is 5.73. The lowest BCUT2D eigenvalue weighted by atomic mass is 10.3. The highest BCUT2D eigenvalue weighted by Crippen LogP contribution is 2.27. The van der Waals surface area contributed by atoms with Crippen LogP contribution in [0.25, 0.3) is 0 Å². The zero-order chi connectivity index (χ0) is 18.7. The van der Waals surface area contributed by atoms with Crippen LogP contribution in [-0.4, -0.2) is 41.9 Å². The maximum atomic E-state index is 12.7. The van der Waals surface area contributed by atoms with Crippen LogP contribution in [0.5, 0.6) is 0 Å². The Hall–Kier alpha value is -1.78. The lowest BCUT2D eigenvalue weighted by molar-refractivity contribution is 0.0995. The number of nitrogens with zero attached hydrogens (tertiary/aromatic N) is 3. The lowest BCUT2D eigenvalue weighted by Gasteiger charge is -2.14. The van der Waals surface area contributed by atoms with Gasteiger partial charge in [-0.2, -0.15) is 4.31 Å². The number of sulfonamides is 1. The van der Waals surface area contributed by atoms with Gasteiger partial charge in [-0.1, -0.05) is 24.7 Å². The first kappa shape index (κ1) is 19.0. The van der Waals surface area contributed by atoms with Gasteiger partial charge in [0.2, 0.25) is 15.2 Å². The number of anilines is 1. The normalized spacial score (nSPS) is 15.5. The van der Waals surface area contributed by atoms with Gasteiger partial charge in [0.25, 0.3) is 5.91 Å². The van der Waals surface area contributed by atoms with Crippen molar-refractivity contribution in [2.24, 2.45) is 0 Å². The molecule has 1 aliphatic rings. The molecule has 142 valence electrons. The third-order valence-corrected chi connectivity index (χ3v) is 7.11. The molecule has 8 nitrogen and oxygen atoms in total. The van der Waals surface area contributed by atoms with Crippen LogP contribution in [0, 0.1) is 6.92 Å². The lowest BCUT2D eigenvalue weighted by Crippen LogP contribution is -2.28. The minimum atomic E-state index is -3.63. The van der Waals surface area contributed by atoms with Gasteiger partial charge >= 0.3 is 0 Å². The summed E-state index contributed by atoms with van der Waals surface area (Å²) in [4.78, 5) is 12.4. The highest BCUT2D eigenvalue weighted by Gasteiger charge is 2.31. The quantitative estimate of drug-likeness (QED) is 0.769. The Morgan fingerprint density at radius 3 is 2.77 bits per heavy atom. The molecular weight excluding hydrogens is 376 g/mol. The molecule has 1 amide bonds. The molecule has 1 N–H and O–H groups in total. The van der Waals surface area contributed by atoms with Gasteiger partial charge in [-0.05, 0) is 26.2 Å². The summed E-state index contributed by atoms with van der Waals surface area (Å²) < 4.78 is 32.2. The molecule has 0 aliphatic carbocycles. The van der Waals surface area contributed by atoms with Crippen LogP contribution < -0.4 is 5.32 Å². The minimum absolute atomic E-state index is 0.0467. The number of nitrogens with one attached hydrogen (secondary N) is 1. The summed E-state index contributed by atoms with van der Waals surface area (Å²) >= 11 is 1.31. The minimum Gasteiger partial charge on any atom is -0.455 e. The largest absolute Gasteiger partial charge is 0.455 e. The van der Waals surface area contributed by atoms with E-state index in [1.807, 2.05) is 0 Å². The second-order valence-electron chi connectivity index (χ2n) is 6.20. The van der Waals surface area contributed by atoms with Gasteiger partial charge in [-0.3, -0.25) is 10.1 Å². The van der Waals surface area contributed by atoms with E-state index in [1.54, 1.807) is 6.92 Å². The number of aromatic nitrogens is 2. The predicted molar refractivity (Wildman–Crippen MR) is 97.9 cm³/mol. The van der Waals surface area contributed by atoms with Gasteiger partial charge in [0.15, 0.2) is 5.76 Å². The van der Waals surface area contributed by atoms with Gasteiger partial charge < -0.3 is 4.42 Å². The standard InChI is InChI=1S/C16H22N4O4S2/c1-3-4-7-14-18-19-16(25-14)17-15(21)12-10-13(11(2)24-12)26(22,23)20-8-5-6-9-20/h10H,3-9H2,1-2H3,(H,17,19,21). The molecule has 0 bridgehead atoms. The fourth-order valence-corrected chi connectivity index (χ4v) is 5.25. The monoisotopic (exact) mass is 398 g/mol. The smallest absolute Gasteiger partial charge is 0.293 e. The molecular formula is C16H22N4O4S2. The van der Waals surface area contributed by atoms with Crippen molar-refractivity contribution in [2.45, 2.75) is 50.8 Å². The second kappa shape index (κ2) is 7.85. The van der Waals surface area contributed by atoms with Crippen molar-refractivity contribution in [1.82, 2.24) is 14.5 Å². The highest BCUT2D eigenvalue weighted by atomic mass is 32.2. The summed E-state index contributed by atoms with van der Waals surface area (Å²) in [5, 5.41) is 11.8. The number of unbranched alkanes of at least 4 members (excludes halogenated alkanes) is 1. The first-order chi connectivity index (χ1) is 12.4. The molecule has 0 atom stereocenters. The molecule has 1 fully saturated rings. The number of furan rings is 1. The number of aryl methyl sites for hydroxylation is 2. The number of rotatable bonds is 7. The van der Waals surface area contributed by atoms with E-state index in [4.69, 9.17) is 4.42 Å². The van der Waals surface area contributed by atoms with Crippen molar-refractivity contribution in [3.63, 3.8) is 0 Å². The third kappa shape index (κ3) is 3.97. The molecule has 0 unspecified atom stereocenters. The first-order valence-electron chi connectivity index (χ1n) is 8.66. The van der Waals surface area contributed by atoms with Gasteiger partial charge in [-0.15, -0.1) is 10.2 Å². The molecule has 10 heteroatoms. The van der Waals surface area contributed by atoms with E-state index in [1.165, 1.54) is 21.7 Å². The summed E-state index contributed by atoms with van der Waals surface area (Å²) in [6.07, 6.45) is 4.59. The van der Waals surface area contributed by atoms with Crippen LogP contribution in [0.4, 0.5) is 5.13 Å². The Bertz CT molecular complexity index is 882. The third-order valence-electron chi connectivity index (χ3n) is 4.21. The maximum absolute atomic E-state index is 12.7. The summed E-state index contributed by atoms with van der Waals surface area (Å²) in [5.74, 6) is -0.373. The fourth-order valence-electron chi connectivity index (χ4n) is 2.79. The van der Waals surface area contributed by atoms with Crippen molar-refractivity contribution < 1.29 is 17.6 Å². The van der Waals surface area contributed by atoms with Crippen LogP contribution in [0.1, 0.15) is 53.9 Å². The Balaban J connectivity index is 1.73. The molecule has 26 heavy (non-hydrogen) atoms. The SMILES string of the molecule is CCCCc1nnc(NC(=O)c2cc(S(=O)(=O)N3CCCC3)c(C)o2)s1. The van der Waals surface area contributed by atoms with Crippen LogP contribution in [0.3, 0.4) is 0 Å². The fraction of sp³-hybridized carbons (Fsp3) is 0.562. The van der Waals surface area contributed by atoms with E-state index < -0.39 is 15.9 Å². The molecule has 0 spiro atoms. The number of carbonyl (C=O) groups is 1. The number of amides is 1. The maximum Gasteiger partial charge on any atom is 0.293 e. The van der Waals surface area contributed by atoms with Gasteiger partial charge in [0.05, 0.1) is 0 Å². The van der Waals surface area contributed by atoms with Gasteiger partial charge in [0, 0.05) is 25.6 Å². The summed E-state index contributed by atoms with van der Waals surface area (Å²) in [6.45, 7) is 4.64. The van der Waals surface area contributed by atoms with Gasteiger partial charge in [-0.25, -0.2) is 8.42 Å². The van der Waals surface area contributed by atoms with E-state index in [9.17, 15) is 13.2 Å². The Morgan fingerprint density at radius 1 is 1.35 bits per heavy atom. The van der Waals surface area contributed by atoms with E-state index >= 15 is 0 Å². The molecule has 2 aromatic heterocycles. The molecule has 0 aromatic carbocycles. The van der Waals surface area contributed by atoms with Crippen molar-refractivity contribution in [2.75, 3.05) is 18.4 Å². The average Bonchev–Trinajstić information content (AvgIpc) is 3.33. The van der Waals surface area contributed by atoms with E-state index in [0.29, 0.717) is 18.2 Å². The Morgan fingerprint density at radius 2 is 2.08 bits per heavy atom. The molecule has 1 saturated heterocycles. The van der Waals surface area contributed by atoms with Crippen molar-refractivity contribution in [3.05, 3.63) is 22.6 Å². The van der Waals surface area contributed by atoms with Crippen molar-refractivity contribution >= 4 is 32.4 Å². The van der Waals surface area contributed by atoms with Gasteiger partial charge in [0.1, 0.15) is 15.7 Å². The summed E-state index contributed by atoms with van der Waals surface area (Å²) in [5.41, 5.74) is 0. The van der Waals surface area contributed by atoms with Crippen molar-refractivity contribution in [1.29, 1.82) is 0 Å². The second-order valence-corrected chi connectivity index (χ2v) is 9.17. The number of hydrogen-bond donors (Lipinski definition) is 1. The molecule has 0 radical (unpaired) electrons. The molecule has 1 aliphatic heterocycles. The van der Waals surface area contributed by atoms with Crippen LogP contribution >= 0.6 is 11.3 Å². The Labute approximate surface area is 156 Å². The predicted octanol–water partition coefficient (Wildman–Crippen LogP) is 2.82. The summed E-state index contributed by atoms with van der Waals surface area (Å²) in [6, 6.07) is 1.29. The van der Waals surface area contributed by atoms with E-state index in [-0.39, 0.29) is 16.4 Å². The average molecular weight is 399 g/mol. The van der Waals surface area contributed by atoms with Crippen LogP contribution in [0.15, 0.2) is 15.4 Å². The zero-order valence-corrected chi connectivity index (χ0v) is 16.5. The zero-order valence-electron chi connectivity index (χ0n) is 14.8. The highest BCUT2D eigenvalue weighted by molar-refractivity contribution is 7.89. The topological polar surface area (TPSA) is 105 Å². The molecule has 3 heterocycles. The van der Waals surface area contributed by atoms with Crippen molar-refractivity contribution in [3.8, 4) is 0 Å².